The number of amides is 1. The summed E-state index contributed by atoms with van der Waals surface area (Å²) in [4.78, 5) is 22.0. The van der Waals surface area contributed by atoms with Crippen molar-refractivity contribution in [3.05, 3.63) is 21.3 Å². The number of hydrogen-bond donors (Lipinski definition) is 1. The molecule has 1 aliphatic carbocycles. The van der Waals surface area contributed by atoms with E-state index in [0.717, 1.165) is 42.5 Å². The van der Waals surface area contributed by atoms with Gasteiger partial charge < -0.3 is 15.1 Å². The van der Waals surface area contributed by atoms with Crippen molar-refractivity contribution in [3.8, 4) is 0 Å². The van der Waals surface area contributed by atoms with Crippen molar-refractivity contribution in [2.24, 2.45) is 10.4 Å². The number of hydrogen-bond acceptors (Lipinski definition) is 3. The van der Waals surface area contributed by atoms with Crippen molar-refractivity contribution < 1.29 is 4.79 Å². The Morgan fingerprint density at radius 3 is 2.50 bits per heavy atom. The summed E-state index contributed by atoms with van der Waals surface area (Å²) >= 11 is 7.57. The average molecular weight is 371 g/mol. The number of aliphatic imine (C=N–C) groups is 1. The molecule has 0 atom stereocenters. The van der Waals surface area contributed by atoms with Crippen LogP contribution in [0.1, 0.15) is 30.6 Å². The third-order valence-corrected chi connectivity index (χ3v) is 5.82. The molecule has 0 saturated heterocycles. The molecule has 1 aromatic rings. The zero-order valence-corrected chi connectivity index (χ0v) is 16.5. The summed E-state index contributed by atoms with van der Waals surface area (Å²) in [5, 5.41) is 3.41. The van der Waals surface area contributed by atoms with Gasteiger partial charge in [0.1, 0.15) is 0 Å². The maximum atomic E-state index is 12.7. The molecule has 7 heteroatoms. The summed E-state index contributed by atoms with van der Waals surface area (Å²) in [5.41, 5.74) is -0.299. The van der Waals surface area contributed by atoms with Crippen LogP contribution in [0.4, 0.5) is 0 Å². The van der Waals surface area contributed by atoms with Crippen LogP contribution in [0.15, 0.2) is 17.1 Å². The van der Waals surface area contributed by atoms with E-state index < -0.39 is 0 Å². The van der Waals surface area contributed by atoms with Gasteiger partial charge in [0.25, 0.3) is 0 Å². The molecule has 0 bridgehead atoms. The number of nitrogens with zero attached hydrogens (tertiary/aromatic N) is 3. The lowest BCUT2D eigenvalue weighted by Crippen LogP contribution is -2.49. The summed E-state index contributed by atoms with van der Waals surface area (Å²) in [6, 6.07) is 3.94. The van der Waals surface area contributed by atoms with Crippen LogP contribution in [0.5, 0.6) is 0 Å². The largest absolute Gasteiger partial charge is 0.355 e. The van der Waals surface area contributed by atoms with E-state index in [9.17, 15) is 4.79 Å². The summed E-state index contributed by atoms with van der Waals surface area (Å²) < 4.78 is 0.794. The Bertz CT molecular complexity index is 593. The first-order valence-corrected chi connectivity index (χ1v) is 9.45. The second-order valence-corrected chi connectivity index (χ2v) is 8.45. The van der Waals surface area contributed by atoms with Gasteiger partial charge in [0.05, 0.1) is 16.3 Å². The van der Waals surface area contributed by atoms with E-state index >= 15 is 0 Å². The van der Waals surface area contributed by atoms with Crippen LogP contribution in [0.2, 0.25) is 4.34 Å². The fourth-order valence-corrected chi connectivity index (χ4v) is 4.51. The molecule has 0 radical (unpaired) electrons. The maximum absolute atomic E-state index is 12.7. The number of rotatable bonds is 5. The second-order valence-electron chi connectivity index (χ2n) is 6.65. The van der Waals surface area contributed by atoms with Crippen molar-refractivity contribution in [2.45, 2.75) is 32.2 Å². The molecule has 5 nitrogen and oxygen atoms in total. The molecule has 0 unspecified atom stereocenters. The molecule has 1 amide bonds. The quantitative estimate of drug-likeness (QED) is 0.640. The SMILES string of the molecule is CN=C(NCC1(C(=O)N(C)C)CCCC1)N(C)Cc1ccc(Cl)s1. The Labute approximate surface area is 153 Å². The molecule has 1 fully saturated rings. The summed E-state index contributed by atoms with van der Waals surface area (Å²) in [5.74, 6) is 1.02. The zero-order chi connectivity index (χ0) is 17.7. The van der Waals surface area contributed by atoms with Gasteiger partial charge in [-0.3, -0.25) is 9.79 Å². The Kier molecular flexibility index (Phi) is 6.52. The van der Waals surface area contributed by atoms with Gasteiger partial charge in [-0.05, 0) is 25.0 Å². The van der Waals surface area contributed by atoms with E-state index in [2.05, 4.69) is 15.2 Å². The second kappa shape index (κ2) is 8.21. The fourth-order valence-electron chi connectivity index (χ4n) is 3.37. The summed E-state index contributed by atoms with van der Waals surface area (Å²) in [6.45, 7) is 1.37. The van der Waals surface area contributed by atoms with E-state index in [-0.39, 0.29) is 11.3 Å². The minimum absolute atomic E-state index is 0.218. The highest BCUT2D eigenvalue weighted by Crippen LogP contribution is 2.39. The molecule has 1 aliphatic rings. The normalized spacial score (nSPS) is 17.0. The van der Waals surface area contributed by atoms with Crippen LogP contribution in [0.3, 0.4) is 0 Å². The topological polar surface area (TPSA) is 47.9 Å². The van der Waals surface area contributed by atoms with Crippen LogP contribution in [-0.4, -0.2) is 56.4 Å². The predicted molar refractivity (Wildman–Crippen MR) is 102 cm³/mol. The molecule has 0 aliphatic heterocycles. The molecule has 134 valence electrons. The van der Waals surface area contributed by atoms with Gasteiger partial charge >= 0.3 is 0 Å². The highest BCUT2D eigenvalue weighted by atomic mass is 35.5. The lowest BCUT2D eigenvalue weighted by Gasteiger charge is -2.32. The van der Waals surface area contributed by atoms with Gasteiger partial charge in [-0.25, -0.2) is 0 Å². The Morgan fingerprint density at radius 1 is 1.33 bits per heavy atom. The highest BCUT2D eigenvalue weighted by molar-refractivity contribution is 7.16. The third kappa shape index (κ3) is 4.42. The van der Waals surface area contributed by atoms with Crippen molar-refractivity contribution in [2.75, 3.05) is 34.7 Å². The molecule has 2 rings (SSSR count). The lowest BCUT2D eigenvalue weighted by atomic mass is 9.84. The highest BCUT2D eigenvalue weighted by Gasteiger charge is 2.42. The first-order valence-electron chi connectivity index (χ1n) is 8.26. The number of guanidine groups is 1. The monoisotopic (exact) mass is 370 g/mol. The van der Waals surface area contributed by atoms with Gasteiger partial charge in [-0.2, -0.15) is 0 Å². The molecule has 0 aromatic carbocycles. The smallest absolute Gasteiger partial charge is 0.230 e. The fraction of sp³-hybridized carbons (Fsp3) is 0.647. The Balaban J connectivity index is 2.00. The van der Waals surface area contributed by atoms with Gasteiger partial charge in [0.15, 0.2) is 5.96 Å². The van der Waals surface area contributed by atoms with E-state index in [1.807, 2.05) is 33.3 Å². The molecule has 1 saturated carbocycles. The number of carbonyl (C=O) groups excluding carboxylic acids is 1. The summed E-state index contributed by atoms with van der Waals surface area (Å²) in [7, 11) is 7.45. The van der Waals surface area contributed by atoms with E-state index in [1.54, 1.807) is 23.3 Å². The van der Waals surface area contributed by atoms with Crippen molar-refractivity contribution in [1.29, 1.82) is 0 Å². The maximum Gasteiger partial charge on any atom is 0.230 e. The van der Waals surface area contributed by atoms with Crippen molar-refractivity contribution in [3.63, 3.8) is 0 Å². The van der Waals surface area contributed by atoms with Gasteiger partial charge in [-0.15, -0.1) is 11.3 Å². The van der Waals surface area contributed by atoms with Crippen molar-refractivity contribution in [1.82, 2.24) is 15.1 Å². The van der Waals surface area contributed by atoms with E-state index in [0.29, 0.717) is 6.54 Å². The first kappa shape index (κ1) is 19.1. The van der Waals surface area contributed by atoms with Crippen LogP contribution in [0.25, 0.3) is 0 Å². The predicted octanol–water partition coefficient (Wildman–Crippen LogP) is 3.06. The standard InChI is InChI=1S/C17H27ClN4OS/c1-19-16(22(4)11-13-7-8-14(18)24-13)20-12-17(9-5-6-10-17)15(23)21(2)3/h7-8H,5-6,9-12H2,1-4H3,(H,19,20). The van der Waals surface area contributed by atoms with E-state index in [1.165, 1.54) is 4.88 Å². The van der Waals surface area contributed by atoms with Crippen LogP contribution in [-0.2, 0) is 11.3 Å². The van der Waals surface area contributed by atoms with Crippen LogP contribution < -0.4 is 5.32 Å². The Hall–Kier alpha value is -1.27. The van der Waals surface area contributed by atoms with Crippen molar-refractivity contribution >= 4 is 34.8 Å². The van der Waals surface area contributed by atoms with E-state index in [4.69, 9.17) is 11.6 Å². The molecule has 1 N–H and O–H groups in total. The molecule has 0 spiro atoms. The third-order valence-electron chi connectivity index (χ3n) is 4.60. The summed E-state index contributed by atoms with van der Waals surface area (Å²) in [6.07, 6.45) is 4.11. The first-order chi connectivity index (χ1) is 11.4. The molecule has 1 heterocycles. The number of halogens is 1. The average Bonchev–Trinajstić information content (AvgIpc) is 3.17. The molecular formula is C17H27ClN4OS. The molecule has 1 aromatic heterocycles. The minimum atomic E-state index is -0.299. The van der Waals surface area contributed by atoms with Gasteiger partial charge in [0, 0.05) is 39.6 Å². The van der Waals surface area contributed by atoms with Gasteiger partial charge in [0.2, 0.25) is 5.91 Å². The number of carbonyl (C=O) groups is 1. The Morgan fingerprint density at radius 2 is 2.00 bits per heavy atom. The lowest BCUT2D eigenvalue weighted by molar-refractivity contribution is -0.138. The minimum Gasteiger partial charge on any atom is -0.355 e. The van der Waals surface area contributed by atoms with Crippen LogP contribution >= 0.6 is 22.9 Å². The number of thiophene rings is 1. The van der Waals surface area contributed by atoms with Gasteiger partial charge in [-0.1, -0.05) is 24.4 Å². The van der Waals surface area contributed by atoms with Crippen LogP contribution in [0, 0.1) is 5.41 Å². The molecule has 24 heavy (non-hydrogen) atoms. The molecular weight excluding hydrogens is 344 g/mol. The number of nitrogens with one attached hydrogen (secondary N) is 1. The zero-order valence-electron chi connectivity index (χ0n) is 14.9.